The molecular formula is C15H24Cl2N4O2. The normalized spacial score (nSPS) is 23.6. The molecule has 2 aliphatic heterocycles. The van der Waals surface area contributed by atoms with Crippen LogP contribution in [0.1, 0.15) is 19.8 Å². The van der Waals surface area contributed by atoms with Crippen LogP contribution in [0.25, 0.3) is 0 Å². The highest BCUT2D eigenvalue weighted by Crippen LogP contribution is 2.19. The number of hydrogen-bond donors (Lipinski definition) is 2. The highest BCUT2D eigenvalue weighted by atomic mass is 35.5. The molecule has 8 heteroatoms. The molecule has 2 N–H and O–H groups in total. The van der Waals surface area contributed by atoms with Crippen LogP contribution >= 0.6 is 24.8 Å². The van der Waals surface area contributed by atoms with E-state index in [1.165, 1.54) is 12.8 Å². The molecule has 1 aromatic rings. The molecule has 2 saturated heterocycles. The molecule has 130 valence electrons. The number of pyridine rings is 1. The van der Waals surface area contributed by atoms with Crippen molar-refractivity contribution < 1.29 is 9.53 Å². The number of nitrogens with zero attached hydrogens (tertiary/aromatic N) is 2. The maximum atomic E-state index is 12.2. The number of rotatable bonds is 3. The number of anilines is 2. The lowest BCUT2D eigenvalue weighted by atomic mass is 10.1. The van der Waals surface area contributed by atoms with Crippen molar-refractivity contribution in [1.29, 1.82) is 0 Å². The van der Waals surface area contributed by atoms with Crippen LogP contribution in [0.5, 0.6) is 0 Å². The van der Waals surface area contributed by atoms with Crippen LogP contribution in [0.15, 0.2) is 18.3 Å². The Hall–Kier alpha value is -1.08. The summed E-state index contributed by atoms with van der Waals surface area (Å²) in [7, 11) is 0. The molecule has 1 amide bonds. The van der Waals surface area contributed by atoms with Gasteiger partial charge in [0.1, 0.15) is 11.9 Å². The molecule has 2 aliphatic rings. The van der Waals surface area contributed by atoms with Crippen molar-refractivity contribution >= 4 is 42.2 Å². The number of halogens is 2. The highest BCUT2D eigenvalue weighted by molar-refractivity contribution is 5.95. The SMILES string of the molecule is C[C@H]1OCCN[C@@H]1C(=O)Nc1ccc(N2CCCC2)nc1.Cl.Cl. The second-order valence-electron chi connectivity index (χ2n) is 5.60. The Labute approximate surface area is 149 Å². The number of morpholine rings is 1. The van der Waals surface area contributed by atoms with E-state index in [1.54, 1.807) is 6.20 Å². The fraction of sp³-hybridized carbons (Fsp3) is 0.600. The first-order chi connectivity index (χ1) is 10.2. The van der Waals surface area contributed by atoms with Gasteiger partial charge in [0.15, 0.2) is 0 Å². The summed E-state index contributed by atoms with van der Waals surface area (Å²) >= 11 is 0. The Bertz CT molecular complexity index is 495. The van der Waals surface area contributed by atoms with Crippen LogP contribution in [0.4, 0.5) is 11.5 Å². The second-order valence-corrected chi connectivity index (χ2v) is 5.60. The first kappa shape index (κ1) is 20.0. The van der Waals surface area contributed by atoms with E-state index in [4.69, 9.17) is 4.74 Å². The van der Waals surface area contributed by atoms with Gasteiger partial charge in [-0.3, -0.25) is 4.79 Å². The predicted molar refractivity (Wildman–Crippen MR) is 96.0 cm³/mol. The number of carbonyl (C=O) groups excluding carboxylic acids is 1. The lowest BCUT2D eigenvalue weighted by Gasteiger charge is -2.29. The molecule has 0 bridgehead atoms. The van der Waals surface area contributed by atoms with Gasteiger partial charge in [-0.1, -0.05) is 0 Å². The summed E-state index contributed by atoms with van der Waals surface area (Å²) in [6, 6.07) is 3.57. The Morgan fingerprint density at radius 3 is 2.70 bits per heavy atom. The Balaban J connectivity index is 0.00000132. The molecule has 23 heavy (non-hydrogen) atoms. The predicted octanol–water partition coefficient (Wildman–Crippen LogP) is 1.84. The summed E-state index contributed by atoms with van der Waals surface area (Å²) < 4.78 is 5.49. The number of ether oxygens (including phenoxy) is 1. The molecule has 0 aromatic carbocycles. The third-order valence-corrected chi connectivity index (χ3v) is 4.04. The van der Waals surface area contributed by atoms with Gasteiger partial charge in [-0.15, -0.1) is 24.8 Å². The zero-order valence-electron chi connectivity index (χ0n) is 13.2. The second kappa shape index (κ2) is 9.27. The van der Waals surface area contributed by atoms with Gasteiger partial charge in [-0.25, -0.2) is 4.98 Å². The summed E-state index contributed by atoms with van der Waals surface area (Å²) in [5, 5.41) is 6.08. The molecule has 0 spiro atoms. The number of carbonyl (C=O) groups is 1. The van der Waals surface area contributed by atoms with E-state index in [0.717, 1.165) is 24.6 Å². The number of aromatic nitrogens is 1. The third-order valence-electron chi connectivity index (χ3n) is 4.04. The summed E-state index contributed by atoms with van der Waals surface area (Å²) in [6.07, 6.45) is 4.06. The number of amides is 1. The molecule has 0 aliphatic carbocycles. The smallest absolute Gasteiger partial charge is 0.244 e. The standard InChI is InChI=1S/C15H22N4O2.2ClH/c1-11-14(16-6-9-21-11)15(20)18-12-4-5-13(17-10-12)19-7-2-3-8-19;;/h4-5,10-11,14,16H,2-3,6-9H2,1H3,(H,18,20);2*1H/t11-,14+;;/m1../s1. The lowest BCUT2D eigenvalue weighted by Crippen LogP contribution is -2.53. The molecule has 0 unspecified atom stereocenters. The van der Waals surface area contributed by atoms with Gasteiger partial charge in [-0.05, 0) is 31.9 Å². The monoisotopic (exact) mass is 362 g/mol. The van der Waals surface area contributed by atoms with Crippen molar-refractivity contribution in [2.24, 2.45) is 0 Å². The Morgan fingerprint density at radius 2 is 2.09 bits per heavy atom. The van der Waals surface area contributed by atoms with Gasteiger partial charge in [0.2, 0.25) is 5.91 Å². The molecule has 6 nitrogen and oxygen atoms in total. The van der Waals surface area contributed by atoms with E-state index >= 15 is 0 Å². The minimum atomic E-state index is -0.308. The number of hydrogen-bond acceptors (Lipinski definition) is 5. The van der Waals surface area contributed by atoms with Crippen LogP contribution < -0.4 is 15.5 Å². The number of nitrogens with one attached hydrogen (secondary N) is 2. The minimum Gasteiger partial charge on any atom is -0.375 e. The van der Waals surface area contributed by atoms with E-state index in [-0.39, 0.29) is 42.9 Å². The van der Waals surface area contributed by atoms with E-state index in [1.807, 2.05) is 19.1 Å². The van der Waals surface area contributed by atoms with Gasteiger partial charge >= 0.3 is 0 Å². The summed E-state index contributed by atoms with van der Waals surface area (Å²) in [4.78, 5) is 18.9. The fourth-order valence-corrected chi connectivity index (χ4v) is 2.84. The first-order valence-corrected chi connectivity index (χ1v) is 7.61. The zero-order chi connectivity index (χ0) is 14.7. The summed E-state index contributed by atoms with van der Waals surface area (Å²) in [6.45, 7) is 5.40. The molecule has 3 rings (SSSR count). The van der Waals surface area contributed by atoms with Crippen molar-refractivity contribution in [3.8, 4) is 0 Å². The minimum absolute atomic E-state index is 0. The van der Waals surface area contributed by atoms with Gasteiger partial charge in [0.25, 0.3) is 0 Å². The van der Waals surface area contributed by atoms with E-state index in [2.05, 4.69) is 20.5 Å². The molecule has 2 atom stereocenters. The van der Waals surface area contributed by atoms with Crippen molar-refractivity contribution in [2.45, 2.75) is 31.9 Å². The maximum Gasteiger partial charge on any atom is 0.244 e. The zero-order valence-corrected chi connectivity index (χ0v) is 14.8. The van der Waals surface area contributed by atoms with Gasteiger partial charge in [-0.2, -0.15) is 0 Å². The molecule has 0 saturated carbocycles. The van der Waals surface area contributed by atoms with Gasteiger partial charge in [0, 0.05) is 19.6 Å². The summed E-state index contributed by atoms with van der Waals surface area (Å²) in [5.41, 5.74) is 0.725. The Morgan fingerprint density at radius 1 is 1.35 bits per heavy atom. The molecule has 0 radical (unpaired) electrons. The Kier molecular flexibility index (Phi) is 8.05. The molecule has 3 heterocycles. The molecule has 1 aromatic heterocycles. The van der Waals surface area contributed by atoms with Crippen LogP contribution in [-0.2, 0) is 9.53 Å². The summed E-state index contributed by atoms with van der Waals surface area (Å²) in [5.74, 6) is 0.913. The maximum absolute atomic E-state index is 12.2. The highest BCUT2D eigenvalue weighted by Gasteiger charge is 2.28. The topological polar surface area (TPSA) is 66.5 Å². The van der Waals surface area contributed by atoms with Crippen molar-refractivity contribution in [3.05, 3.63) is 18.3 Å². The van der Waals surface area contributed by atoms with Crippen LogP contribution in [0, 0.1) is 0 Å². The van der Waals surface area contributed by atoms with Crippen LogP contribution in [0.3, 0.4) is 0 Å². The molecule has 2 fully saturated rings. The van der Waals surface area contributed by atoms with E-state index < -0.39 is 0 Å². The van der Waals surface area contributed by atoms with Crippen molar-refractivity contribution in [2.75, 3.05) is 36.5 Å². The van der Waals surface area contributed by atoms with Crippen molar-refractivity contribution in [3.63, 3.8) is 0 Å². The quantitative estimate of drug-likeness (QED) is 0.858. The first-order valence-electron chi connectivity index (χ1n) is 7.61. The van der Waals surface area contributed by atoms with E-state index in [9.17, 15) is 4.79 Å². The largest absolute Gasteiger partial charge is 0.375 e. The molecular weight excluding hydrogens is 339 g/mol. The fourth-order valence-electron chi connectivity index (χ4n) is 2.84. The van der Waals surface area contributed by atoms with Crippen LogP contribution in [-0.4, -0.2) is 49.3 Å². The van der Waals surface area contributed by atoms with Gasteiger partial charge < -0.3 is 20.3 Å². The van der Waals surface area contributed by atoms with E-state index in [0.29, 0.717) is 13.2 Å². The van der Waals surface area contributed by atoms with Crippen molar-refractivity contribution in [1.82, 2.24) is 10.3 Å². The third kappa shape index (κ3) is 4.94. The van der Waals surface area contributed by atoms with Gasteiger partial charge in [0.05, 0.1) is 24.6 Å². The average Bonchev–Trinajstić information content (AvgIpc) is 3.02. The lowest BCUT2D eigenvalue weighted by molar-refractivity contribution is -0.123. The van der Waals surface area contributed by atoms with Crippen LogP contribution in [0.2, 0.25) is 0 Å². The average molecular weight is 363 g/mol.